The Labute approximate surface area is 159 Å². The Kier molecular flexibility index (Phi) is 6.89. The number of carbonyl (C=O) groups excluding carboxylic acids is 1. The Balaban J connectivity index is 2.17. The van der Waals surface area contributed by atoms with Gasteiger partial charge in [0.05, 0.1) is 33.2 Å². The molecule has 0 aliphatic heterocycles. The second kappa shape index (κ2) is 8.91. The van der Waals surface area contributed by atoms with Gasteiger partial charge in [0.2, 0.25) is 0 Å². The second-order valence-corrected chi connectivity index (χ2v) is 6.11. The fourth-order valence-electron chi connectivity index (χ4n) is 2.04. The van der Waals surface area contributed by atoms with E-state index >= 15 is 0 Å². The number of hydrogen-bond acceptors (Lipinski definition) is 3. The number of rotatable bonds is 6. The molecule has 0 N–H and O–H groups in total. The second-order valence-electron chi connectivity index (χ2n) is 4.89. The van der Waals surface area contributed by atoms with Crippen molar-refractivity contribution in [1.29, 1.82) is 5.26 Å². The lowest BCUT2D eigenvalue weighted by Crippen LogP contribution is -2.36. The van der Waals surface area contributed by atoms with Crippen LogP contribution in [-0.2, 0) is 4.79 Å². The Bertz CT molecular complexity index is 824. The molecule has 2 aromatic rings. The number of nitriles is 1. The molecule has 130 valence electrons. The Morgan fingerprint density at radius 2 is 1.84 bits per heavy atom. The highest BCUT2D eigenvalue weighted by atomic mass is 35.5. The number of benzene rings is 2. The molecule has 0 saturated carbocycles. The standard InChI is InChI=1S/C17H12Cl3FN2O2/c18-11-8-13(20)16(9-12(11)19)25-10-17(24)23(7-3-6-22)15-5-2-1-4-14(15)21/h1-2,4-5,8-9H,3,7,10H2. The summed E-state index contributed by atoms with van der Waals surface area (Å²) in [6, 6.07) is 10.5. The highest BCUT2D eigenvalue weighted by molar-refractivity contribution is 6.43. The molecule has 0 aliphatic carbocycles. The Morgan fingerprint density at radius 1 is 1.16 bits per heavy atom. The van der Waals surface area contributed by atoms with E-state index in [-0.39, 0.29) is 39.5 Å². The fraction of sp³-hybridized carbons (Fsp3) is 0.176. The first-order valence-electron chi connectivity index (χ1n) is 7.13. The lowest BCUT2D eigenvalue weighted by atomic mass is 10.2. The molecule has 0 fully saturated rings. The van der Waals surface area contributed by atoms with Crippen molar-refractivity contribution in [3.05, 3.63) is 57.3 Å². The number of anilines is 1. The van der Waals surface area contributed by atoms with Crippen LogP contribution in [-0.4, -0.2) is 19.1 Å². The number of halogens is 4. The summed E-state index contributed by atoms with van der Waals surface area (Å²) in [5.74, 6) is -0.915. The average molecular weight is 402 g/mol. The molecule has 4 nitrogen and oxygen atoms in total. The number of ether oxygens (including phenoxy) is 1. The Hall–Kier alpha value is -2.00. The van der Waals surface area contributed by atoms with Crippen LogP contribution in [0.5, 0.6) is 5.75 Å². The maximum Gasteiger partial charge on any atom is 0.265 e. The molecule has 0 radical (unpaired) electrons. The summed E-state index contributed by atoms with van der Waals surface area (Å²) in [6.45, 7) is -0.369. The molecule has 0 bridgehead atoms. The van der Waals surface area contributed by atoms with Crippen molar-refractivity contribution in [1.82, 2.24) is 0 Å². The maximum atomic E-state index is 14.0. The molecule has 0 saturated heterocycles. The normalized spacial score (nSPS) is 10.2. The van der Waals surface area contributed by atoms with Gasteiger partial charge in [-0.05, 0) is 18.2 Å². The summed E-state index contributed by atoms with van der Waals surface area (Å²) >= 11 is 17.7. The first-order chi connectivity index (χ1) is 11.9. The predicted octanol–water partition coefficient (Wildman–Crippen LogP) is 5.11. The summed E-state index contributed by atoms with van der Waals surface area (Å²) in [5.41, 5.74) is 0.0755. The SMILES string of the molecule is N#CCCN(C(=O)COc1cc(Cl)c(Cl)cc1Cl)c1ccccc1F. The zero-order valence-corrected chi connectivity index (χ0v) is 15.1. The summed E-state index contributed by atoms with van der Waals surface area (Å²) in [6.07, 6.45) is 0.0492. The van der Waals surface area contributed by atoms with Crippen LogP contribution in [0.1, 0.15) is 6.42 Å². The third-order valence-corrected chi connectivity index (χ3v) is 4.23. The van der Waals surface area contributed by atoms with Gasteiger partial charge in [-0.15, -0.1) is 0 Å². The van der Waals surface area contributed by atoms with Crippen molar-refractivity contribution in [2.24, 2.45) is 0 Å². The summed E-state index contributed by atoms with van der Waals surface area (Å²) in [7, 11) is 0. The van der Waals surface area contributed by atoms with Crippen molar-refractivity contribution in [2.75, 3.05) is 18.1 Å². The van der Waals surface area contributed by atoms with Gasteiger partial charge >= 0.3 is 0 Å². The van der Waals surface area contributed by atoms with E-state index in [1.54, 1.807) is 6.07 Å². The average Bonchev–Trinajstić information content (AvgIpc) is 2.58. The highest BCUT2D eigenvalue weighted by Gasteiger charge is 2.20. The third kappa shape index (κ3) is 4.99. The van der Waals surface area contributed by atoms with Crippen LogP contribution in [0.3, 0.4) is 0 Å². The molecular weight excluding hydrogens is 390 g/mol. The minimum absolute atomic E-state index is 0.0364. The predicted molar refractivity (Wildman–Crippen MR) is 96.0 cm³/mol. The summed E-state index contributed by atoms with van der Waals surface area (Å²) < 4.78 is 19.4. The molecule has 0 atom stereocenters. The quantitative estimate of drug-likeness (QED) is 0.632. The smallest absolute Gasteiger partial charge is 0.265 e. The molecule has 8 heteroatoms. The van der Waals surface area contributed by atoms with Gasteiger partial charge in [-0.1, -0.05) is 46.9 Å². The van der Waals surface area contributed by atoms with Crippen LogP contribution in [0, 0.1) is 17.1 Å². The lowest BCUT2D eigenvalue weighted by Gasteiger charge is -2.22. The molecule has 0 spiro atoms. The third-order valence-electron chi connectivity index (χ3n) is 3.22. The monoisotopic (exact) mass is 400 g/mol. The zero-order chi connectivity index (χ0) is 18.4. The van der Waals surface area contributed by atoms with Gasteiger partial charge in [-0.3, -0.25) is 4.79 Å². The van der Waals surface area contributed by atoms with Crippen LogP contribution >= 0.6 is 34.8 Å². The fourth-order valence-corrected chi connectivity index (χ4v) is 2.64. The molecule has 0 aliphatic rings. The molecule has 1 amide bonds. The zero-order valence-electron chi connectivity index (χ0n) is 12.8. The van der Waals surface area contributed by atoms with E-state index in [0.717, 1.165) is 4.90 Å². The maximum absolute atomic E-state index is 14.0. The molecule has 2 rings (SSSR count). The highest BCUT2D eigenvalue weighted by Crippen LogP contribution is 2.34. The number of para-hydroxylation sites is 1. The van der Waals surface area contributed by atoms with Crippen LogP contribution in [0.4, 0.5) is 10.1 Å². The van der Waals surface area contributed by atoms with Crippen LogP contribution in [0.25, 0.3) is 0 Å². The van der Waals surface area contributed by atoms with Gasteiger partial charge in [-0.2, -0.15) is 5.26 Å². The molecule has 2 aromatic carbocycles. The van der Waals surface area contributed by atoms with Gasteiger partial charge < -0.3 is 9.64 Å². The van der Waals surface area contributed by atoms with E-state index < -0.39 is 18.3 Å². The van der Waals surface area contributed by atoms with E-state index in [0.29, 0.717) is 0 Å². The summed E-state index contributed by atoms with van der Waals surface area (Å²) in [5, 5.41) is 9.43. The van der Waals surface area contributed by atoms with Crippen molar-refractivity contribution in [3.63, 3.8) is 0 Å². The topological polar surface area (TPSA) is 53.3 Å². The van der Waals surface area contributed by atoms with E-state index in [2.05, 4.69) is 0 Å². The number of carbonyl (C=O) groups is 1. The summed E-state index contributed by atoms with van der Waals surface area (Å²) in [4.78, 5) is 13.6. The van der Waals surface area contributed by atoms with E-state index in [1.165, 1.54) is 30.3 Å². The van der Waals surface area contributed by atoms with Gasteiger partial charge in [0.25, 0.3) is 5.91 Å². The minimum atomic E-state index is -0.568. The molecule has 0 heterocycles. The van der Waals surface area contributed by atoms with Gasteiger partial charge in [-0.25, -0.2) is 4.39 Å². The molecular formula is C17H12Cl3FN2O2. The first-order valence-corrected chi connectivity index (χ1v) is 8.26. The van der Waals surface area contributed by atoms with Gasteiger partial charge in [0.15, 0.2) is 6.61 Å². The van der Waals surface area contributed by atoms with Crippen molar-refractivity contribution in [3.8, 4) is 11.8 Å². The number of amides is 1. The molecule has 25 heavy (non-hydrogen) atoms. The molecule has 0 unspecified atom stereocenters. The largest absolute Gasteiger partial charge is 0.482 e. The van der Waals surface area contributed by atoms with Crippen molar-refractivity contribution in [2.45, 2.75) is 6.42 Å². The van der Waals surface area contributed by atoms with Crippen molar-refractivity contribution >= 4 is 46.4 Å². The van der Waals surface area contributed by atoms with Crippen LogP contribution in [0.2, 0.25) is 15.1 Å². The Morgan fingerprint density at radius 3 is 2.52 bits per heavy atom. The lowest BCUT2D eigenvalue weighted by molar-refractivity contribution is -0.120. The van der Waals surface area contributed by atoms with E-state index in [9.17, 15) is 9.18 Å². The number of hydrogen-bond donors (Lipinski definition) is 0. The van der Waals surface area contributed by atoms with Gasteiger partial charge in [0.1, 0.15) is 11.6 Å². The van der Waals surface area contributed by atoms with Crippen LogP contribution in [0.15, 0.2) is 36.4 Å². The van der Waals surface area contributed by atoms with Crippen LogP contribution < -0.4 is 9.64 Å². The first kappa shape index (κ1) is 19.3. The number of nitrogens with zero attached hydrogens (tertiary/aromatic N) is 2. The minimum Gasteiger partial charge on any atom is -0.482 e. The van der Waals surface area contributed by atoms with Crippen molar-refractivity contribution < 1.29 is 13.9 Å². The van der Waals surface area contributed by atoms with Gasteiger partial charge in [0, 0.05) is 12.6 Å². The molecule has 0 aromatic heterocycles. The van der Waals surface area contributed by atoms with E-state index in [4.69, 9.17) is 44.8 Å². The van der Waals surface area contributed by atoms with E-state index in [1.807, 2.05) is 6.07 Å².